The highest BCUT2D eigenvalue weighted by Gasteiger charge is 2.44. The number of aliphatic hydroxyl groups excluding tert-OH is 1. The fourth-order valence-corrected chi connectivity index (χ4v) is 12.9. The first-order valence-electron chi connectivity index (χ1n) is 38.9. The van der Waals surface area contributed by atoms with Crippen molar-refractivity contribution in [2.75, 3.05) is 132 Å². The Morgan fingerprint density at radius 3 is 1.72 bits per heavy atom. The van der Waals surface area contributed by atoms with Gasteiger partial charge in [-0.1, -0.05) is 116 Å². The molecule has 1 heterocycles. The average Bonchev–Trinajstić information content (AvgIpc) is 1.47. The van der Waals surface area contributed by atoms with E-state index in [1.807, 2.05) is 32.0 Å². The summed E-state index contributed by atoms with van der Waals surface area (Å²) in [5.41, 5.74) is 13.0. The summed E-state index contributed by atoms with van der Waals surface area (Å²) in [6.07, 6.45) is -0.735. The van der Waals surface area contributed by atoms with Crippen LogP contribution in [0.15, 0.2) is 54.6 Å². The number of carbonyl (C=O) groups excluding carboxylic acids is 10. The number of aliphatic hydroxyl groups is 1. The highest BCUT2D eigenvalue weighted by atomic mass is 16.8. The van der Waals surface area contributed by atoms with Gasteiger partial charge in [-0.25, -0.2) is 14.4 Å². The number of ether oxygens (including phenoxy) is 9. The molecule has 0 aromatic heterocycles. The summed E-state index contributed by atoms with van der Waals surface area (Å²) in [5.74, 6) is -5.74. The van der Waals surface area contributed by atoms with Crippen molar-refractivity contribution in [1.29, 1.82) is 0 Å². The molecule has 1 aliphatic heterocycles. The summed E-state index contributed by atoms with van der Waals surface area (Å²) >= 11 is 0. The van der Waals surface area contributed by atoms with Gasteiger partial charge in [0.1, 0.15) is 37.4 Å². The Morgan fingerprint density at radius 1 is 0.607 bits per heavy atom. The van der Waals surface area contributed by atoms with E-state index >= 15 is 0 Å². The van der Waals surface area contributed by atoms with Gasteiger partial charge >= 0.3 is 18.2 Å². The number of likely N-dealkylation sites (tertiary alicyclic amines) is 1. The van der Waals surface area contributed by atoms with E-state index in [2.05, 4.69) is 37.2 Å². The number of carbonyl (C=O) groups is 10. The molecule has 14 N–H and O–H groups in total. The van der Waals surface area contributed by atoms with Crippen molar-refractivity contribution in [3.63, 3.8) is 0 Å². The number of hydrogen-bond donors (Lipinski definition) is 12. The molecular formula is C77H131N13O22. The number of urea groups is 1. The molecule has 1 fully saturated rings. The molecule has 3 rings (SSSR count). The number of hydrogen-bond acceptors (Lipinski definition) is 24. The number of nitrogens with zero attached hydrogens (tertiary/aromatic N) is 4. The van der Waals surface area contributed by atoms with E-state index in [1.165, 1.54) is 26.2 Å². The molecule has 2 aromatic carbocycles. The van der Waals surface area contributed by atoms with Gasteiger partial charge in [0.05, 0.1) is 127 Å². The molecule has 0 radical (unpaired) electrons. The summed E-state index contributed by atoms with van der Waals surface area (Å²) in [5, 5.41) is 47.5. The van der Waals surface area contributed by atoms with Gasteiger partial charge in [0, 0.05) is 53.6 Å². The summed E-state index contributed by atoms with van der Waals surface area (Å²) in [6, 6.07) is 7.43. The molecule has 0 aliphatic carbocycles. The molecule has 35 heteroatoms. The van der Waals surface area contributed by atoms with Crippen LogP contribution in [-0.4, -0.2) is 283 Å². The third-order valence-corrected chi connectivity index (χ3v) is 19.4. The maximum absolute atomic E-state index is 14.9. The Hall–Kier alpha value is -7.94. The van der Waals surface area contributed by atoms with Crippen LogP contribution < -0.4 is 48.7 Å². The van der Waals surface area contributed by atoms with Crippen LogP contribution in [0.25, 0.3) is 0 Å². The number of alkyl carbamates (subject to hydrolysis) is 1. The number of primary amides is 1. The van der Waals surface area contributed by atoms with Gasteiger partial charge < -0.3 is 106 Å². The van der Waals surface area contributed by atoms with E-state index in [0.29, 0.717) is 102 Å². The zero-order chi connectivity index (χ0) is 83.4. The van der Waals surface area contributed by atoms with E-state index < -0.39 is 138 Å². The Kier molecular flexibility index (Phi) is 47.3. The number of anilines is 1. The first-order chi connectivity index (χ1) is 53.3. The van der Waals surface area contributed by atoms with Gasteiger partial charge in [-0.3, -0.25) is 48.9 Å². The lowest BCUT2D eigenvalue weighted by Gasteiger charge is -2.41. The normalized spacial score (nSPS) is 16.2. The molecule has 2 aromatic rings. The van der Waals surface area contributed by atoms with Gasteiger partial charge in [0.2, 0.25) is 41.4 Å². The zero-order valence-electron chi connectivity index (χ0n) is 68.2. The molecular weight excluding hydrogens is 1460 g/mol. The second-order valence-electron chi connectivity index (χ2n) is 29.1. The van der Waals surface area contributed by atoms with Crippen LogP contribution in [0.2, 0.25) is 0 Å². The zero-order valence-corrected chi connectivity index (χ0v) is 68.2. The number of benzene rings is 2. The van der Waals surface area contributed by atoms with E-state index in [-0.39, 0.29) is 101 Å². The van der Waals surface area contributed by atoms with Crippen LogP contribution in [0.5, 0.6) is 0 Å². The molecule has 0 bridgehead atoms. The Labute approximate surface area is 660 Å². The molecule has 1 aliphatic rings. The molecule has 11 amide bonds. The van der Waals surface area contributed by atoms with Gasteiger partial charge in [0.25, 0.3) is 0 Å². The monoisotopic (exact) mass is 1590 g/mol. The quantitative estimate of drug-likeness (QED) is 0.0329. The van der Waals surface area contributed by atoms with Crippen LogP contribution in [0.1, 0.15) is 144 Å². The number of nitrogens with two attached hydrogens (primary N) is 2. The molecule has 0 spiro atoms. The Balaban J connectivity index is 1.54. The summed E-state index contributed by atoms with van der Waals surface area (Å²) in [6.45, 7) is 21.4. The van der Waals surface area contributed by atoms with Crippen LogP contribution in [0.3, 0.4) is 0 Å². The Morgan fingerprint density at radius 2 is 1.18 bits per heavy atom. The average molecular weight is 1590 g/mol. The molecule has 0 unspecified atom stereocenters. The lowest BCUT2D eigenvalue weighted by Crippen LogP contribution is -2.60. The topological polar surface area (TPSA) is 464 Å². The van der Waals surface area contributed by atoms with Crippen LogP contribution in [0, 0.1) is 29.6 Å². The van der Waals surface area contributed by atoms with Crippen molar-refractivity contribution in [3.8, 4) is 0 Å². The second kappa shape index (κ2) is 54.0. The number of methoxy groups -OCH3 is 2. The van der Waals surface area contributed by atoms with E-state index in [0.717, 1.165) is 0 Å². The van der Waals surface area contributed by atoms with Crippen molar-refractivity contribution in [2.24, 2.45) is 41.1 Å². The molecule has 1 saturated heterocycles. The number of hydroxylamine groups is 2. The number of likely N-dealkylation sites (N-methyl/N-ethyl adjacent to an activating group) is 2. The first-order valence-corrected chi connectivity index (χ1v) is 38.9. The van der Waals surface area contributed by atoms with E-state index in [9.17, 15) is 53.1 Å². The van der Waals surface area contributed by atoms with Crippen molar-refractivity contribution < 1.29 is 106 Å². The second-order valence-corrected chi connectivity index (χ2v) is 29.1. The standard InChI is InChI=1S/C77H131N13O22/c1-15-52(8)66(61(104-13)47-62(91)89-34-22-27-60(89)68(105-14)53(9)69(93)82-54(10)67(92)56-23-17-16-18-24-56)87(11)74(98)64(50(4)5)86-73(97)65(51(6)7)88(12)77(101)112-48-55-28-30-57(31-29-55)83-71(95)59(26-21-33-80-75(79)99)84-72(96)63(49(2)3)85-70(94)58(78)25-19-20-32-81-76(100)111-46-45-110-44-43-109-42-41-108-40-39-107-38-37-106-36-35-90(102)103/h16-18,23-24,28-31,49-54,58-61,63-68,92,102-103H,15,19-22,25-27,32-48,78H2,1-14H3,(H,81,100)(H,82,93)(H,83,95)(H,84,96)(H,85,94)(H,86,97)(H3,79,80,99)/t52-,53+,54+,58-,59-,60-,61+,63-,64-,65-,66-,67+,68+/m0/s1. The van der Waals surface area contributed by atoms with Gasteiger partial charge in [0.15, 0.2) is 0 Å². The minimum absolute atomic E-state index is 0.0104. The maximum atomic E-state index is 14.9. The van der Waals surface area contributed by atoms with Crippen LogP contribution in [-0.2, 0) is 82.8 Å². The van der Waals surface area contributed by atoms with E-state index in [4.69, 9.17) is 64.5 Å². The minimum atomic E-state index is -1.17. The molecule has 13 atom stereocenters. The van der Waals surface area contributed by atoms with Crippen molar-refractivity contribution in [1.82, 2.24) is 51.8 Å². The van der Waals surface area contributed by atoms with Gasteiger partial charge in [-0.15, -0.1) is 0 Å². The van der Waals surface area contributed by atoms with Crippen LogP contribution in [0.4, 0.5) is 20.1 Å². The largest absolute Gasteiger partial charge is 0.447 e. The number of rotatable bonds is 56. The first kappa shape index (κ1) is 98.3. The number of unbranched alkanes of at least 4 members (excludes halogenated alkanes) is 1. The molecule has 636 valence electrons. The third-order valence-electron chi connectivity index (χ3n) is 19.4. The van der Waals surface area contributed by atoms with Crippen LogP contribution >= 0.6 is 0 Å². The van der Waals surface area contributed by atoms with E-state index in [1.54, 1.807) is 109 Å². The predicted molar refractivity (Wildman–Crippen MR) is 415 cm³/mol. The molecule has 0 saturated carbocycles. The van der Waals surface area contributed by atoms with Gasteiger partial charge in [-0.05, 0) is 98.8 Å². The van der Waals surface area contributed by atoms with Crippen molar-refractivity contribution in [2.45, 2.75) is 200 Å². The lowest BCUT2D eigenvalue weighted by molar-refractivity contribution is -0.310. The summed E-state index contributed by atoms with van der Waals surface area (Å²) < 4.78 is 49.7. The SMILES string of the molecule is CC[C@H](C)[C@@H]([C@@H](CC(=O)N1CCC[C@H]1[C@H](OC)[C@@H](C)C(=O)N[C@H](C)[C@@H](O)c1ccccc1)OC)N(C)C(=O)[C@@H](NC(=O)[C@H](C(C)C)N(C)C(=O)OCc1ccc(NC(=O)[C@H](CCCNC(N)=O)NC(=O)[C@@H](NC(=O)[C@@H](N)CCCCNC(=O)OCCOCCOCCOCCOCCOCCN(O)O)C(C)C)cc1)C(C)C. The molecule has 112 heavy (non-hydrogen) atoms. The van der Waals surface area contributed by atoms with Crippen molar-refractivity contribution in [3.05, 3.63) is 65.7 Å². The minimum Gasteiger partial charge on any atom is -0.447 e. The Bertz CT molecular complexity index is 3110. The predicted octanol–water partition coefficient (Wildman–Crippen LogP) is 3.98. The highest BCUT2D eigenvalue weighted by Crippen LogP contribution is 2.31. The lowest BCUT2D eigenvalue weighted by atomic mass is 9.89. The van der Waals surface area contributed by atoms with Crippen molar-refractivity contribution >= 4 is 65.3 Å². The highest BCUT2D eigenvalue weighted by molar-refractivity contribution is 5.99. The smallest absolute Gasteiger partial charge is 0.410 e. The maximum Gasteiger partial charge on any atom is 0.410 e. The molecule has 35 nitrogen and oxygen atoms in total. The third kappa shape index (κ3) is 35.6. The number of nitrogens with one attached hydrogen (secondary N) is 7. The number of amides is 11. The summed E-state index contributed by atoms with van der Waals surface area (Å²) in [7, 11) is 6.06. The van der Waals surface area contributed by atoms with Gasteiger partial charge in [-0.2, -0.15) is 0 Å². The fourth-order valence-electron chi connectivity index (χ4n) is 12.9. The summed E-state index contributed by atoms with van der Waals surface area (Å²) in [4.78, 5) is 141. The fraction of sp³-hybridized carbons (Fsp3) is 0.714.